The molecule has 5 nitrogen and oxygen atoms in total. The first-order valence-electron chi connectivity index (χ1n) is 8.53. The van der Waals surface area contributed by atoms with Gasteiger partial charge in [0, 0.05) is 5.92 Å². The van der Waals surface area contributed by atoms with Gasteiger partial charge in [0.1, 0.15) is 6.29 Å². The largest absolute Gasteiger partial charge is 0.303 e. The fraction of sp³-hybridized carbons (Fsp3) is 0.250. The summed E-state index contributed by atoms with van der Waals surface area (Å²) in [4.78, 5) is 11.0. The Morgan fingerprint density at radius 2 is 1.41 bits per heavy atom. The van der Waals surface area contributed by atoms with E-state index in [4.69, 9.17) is 0 Å². The van der Waals surface area contributed by atoms with Crippen LogP contribution in [0.3, 0.4) is 0 Å². The highest BCUT2D eigenvalue weighted by molar-refractivity contribution is 7.98. The average molecular weight is 407 g/mol. The minimum atomic E-state index is -3.99. The van der Waals surface area contributed by atoms with Crippen LogP contribution in [0.15, 0.2) is 81.4 Å². The first-order chi connectivity index (χ1) is 12.8. The van der Waals surface area contributed by atoms with E-state index in [1.54, 1.807) is 36.4 Å². The molecule has 0 saturated heterocycles. The maximum absolute atomic E-state index is 13.0. The molecule has 0 aromatic heterocycles. The van der Waals surface area contributed by atoms with E-state index in [1.165, 1.54) is 30.3 Å². The van der Waals surface area contributed by atoms with Crippen molar-refractivity contribution in [3.8, 4) is 0 Å². The number of hydrogen-bond donors (Lipinski definition) is 0. The zero-order valence-corrected chi connectivity index (χ0v) is 16.6. The Kier molecular flexibility index (Phi) is 7.10. The summed E-state index contributed by atoms with van der Waals surface area (Å²) in [7, 11) is -7.84. The summed E-state index contributed by atoms with van der Waals surface area (Å²) in [6.07, 6.45) is 2.84. The Labute approximate surface area is 160 Å². The van der Waals surface area contributed by atoms with Gasteiger partial charge in [-0.2, -0.15) is 0 Å². The number of allylic oxidation sites excluding steroid dienone is 1. The molecule has 2 aromatic carbocycles. The molecule has 0 N–H and O–H groups in total. The number of hydrogen-bond acceptors (Lipinski definition) is 5. The lowest BCUT2D eigenvalue weighted by molar-refractivity contribution is -0.111. The van der Waals surface area contributed by atoms with Gasteiger partial charge >= 0.3 is 0 Å². The van der Waals surface area contributed by atoms with Crippen LogP contribution in [0.25, 0.3) is 0 Å². The van der Waals surface area contributed by atoms with E-state index < -0.39 is 25.4 Å². The lowest BCUT2D eigenvalue weighted by atomic mass is 10.0. The predicted octanol–water partition coefficient (Wildman–Crippen LogP) is 3.43. The van der Waals surface area contributed by atoms with E-state index in [2.05, 4.69) is 0 Å². The topological polar surface area (TPSA) is 85.3 Å². The SMILES string of the molecule is CCC(C=O)C/C=C(\CS(=O)(=O)c1ccccc1)S(=O)(=O)c1ccccc1. The van der Waals surface area contributed by atoms with Gasteiger partial charge in [0.25, 0.3) is 0 Å². The fourth-order valence-electron chi connectivity index (χ4n) is 2.50. The third-order valence-corrected chi connectivity index (χ3v) is 7.96. The Hall–Kier alpha value is -2.25. The number of aldehydes is 1. The van der Waals surface area contributed by atoms with Gasteiger partial charge in [-0.3, -0.25) is 0 Å². The number of carbonyl (C=O) groups is 1. The molecule has 7 heteroatoms. The summed E-state index contributed by atoms with van der Waals surface area (Å²) in [5.41, 5.74) is 0. The summed E-state index contributed by atoms with van der Waals surface area (Å²) >= 11 is 0. The van der Waals surface area contributed by atoms with Crippen molar-refractivity contribution in [1.82, 2.24) is 0 Å². The van der Waals surface area contributed by atoms with Crippen molar-refractivity contribution in [2.75, 3.05) is 5.75 Å². The number of sulfone groups is 2. The van der Waals surface area contributed by atoms with Crippen molar-refractivity contribution in [3.05, 3.63) is 71.6 Å². The van der Waals surface area contributed by atoms with E-state index in [0.717, 1.165) is 6.29 Å². The molecule has 27 heavy (non-hydrogen) atoms. The van der Waals surface area contributed by atoms with Gasteiger partial charge in [-0.25, -0.2) is 16.8 Å². The molecule has 0 aliphatic carbocycles. The molecule has 0 spiro atoms. The van der Waals surface area contributed by atoms with Gasteiger partial charge in [-0.15, -0.1) is 0 Å². The van der Waals surface area contributed by atoms with Crippen LogP contribution in [0, 0.1) is 5.92 Å². The van der Waals surface area contributed by atoms with Gasteiger partial charge < -0.3 is 4.79 Å². The Morgan fingerprint density at radius 3 is 1.89 bits per heavy atom. The molecule has 0 aliphatic rings. The summed E-state index contributed by atoms with van der Waals surface area (Å²) in [6, 6.07) is 15.4. The summed E-state index contributed by atoms with van der Waals surface area (Å²) in [5, 5.41) is 0. The molecule has 0 heterocycles. The molecular formula is C20H22O5S2. The monoisotopic (exact) mass is 406 g/mol. The normalized spacial score (nSPS) is 13.9. The first kappa shape index (κ1) is 21.1. The molecule has 1 atom stereocenters. The summed E-state index contributed by atoms with van der Waals surface area (Å²) in [5.74, 6) is -1.01. The summed E-state index contributed by atoms with van der Waals surface area (Å²) < 4.78 is 51.5. The minimum absolute atomic E-state index is 0.0265. The molecule has 0 radical (unpaired) electrons. The lowest BCUT2D eigenvalue weighted by Gasteiger charge is -2.12. The molecule has 1 unspecified atom stereocenters. The molecule has 0 aliphatic heterocycles. The molecule has 0 saturated carbocycles. The number of carbonyl (C=O) groups excluding carboxylic acids is 1. The molecular weight excluding hydrogens is 384 g/mol. The van der Waals surface area contributed by atoms with Gasteiger partial charge in [-0.05, 0) is 37.1 Å². The zero-order valence-electron chi connectivity index (χ0n) is 15.0. The molecule has 0 fully saturated rings. The summed E-state index contributed by atoms with van der Waals surface area (Å²) in [6.45, 7) is 1.82. The van der Waals surface area contributed by atoms with Crippen LogP contribution in [-0.2, 0) is 24.5 Å². The fourth-order valence-corrected chi connectivity index (χ4v) is 5.95. The van der Waals surface area contributed by atoms with Gasteiger partial charge in [0.15, 0.2) is 9.84 Å². The highest BCUT2D eigenvalue weighted by atomic mass is 32.2. The highest BCUT2D eigenvalue weighted by Crippen LogP contribution is 2.24. The highest BCUT2D eigenvalue weighted by Gasteiger charge is 2.27. The maximum Gasteiger partial charge on any atom is 0.203 e. The lowest BCUT2D eigenvalue weighted by Crippen LogP contribution is -2.16. The average Bonchev–Trinajstić information content (AvgIpc) is 2.69. The quantitative estimate of drug-likeness (QED) is 0.596. The second-order valence-corrected chi connectivity index (χ2v) is 10.1. The second kappa shape index (κ2) is 9.10. The van der Waals surface area contributed by atoms with E-state index in [9.17, 15) is 21.6 Å². The Bertz CT molecular complexity index is 993. The van der Waals surface area contributed by atoms with E-state index >= 15 is 0 Å². The van der Waals surface area contributed by atoms with Crippen LogP contribution in [-0.4, -0.2) is 28.9 Å². The van der Waals surface area contributed by atoms with Gasteiger partial charge in [0.2, 0.25) is 9.84 Å². The Morgan fingerprint density at radius 1 is 0.889 bits per heavy atom. The van der Waals surface area contributed by atoms with Crippen molar-refractivity contribution in [2.24, 2.45) is 5.92 Å². The van der Waals surface area contributed by atoms with Crippen LogP contribution < -0.4 is 0 Å². The predicted molar refractivity (Wildman–Crippen MR) is 105 cm³/mol. The van der Waals surface area contributed by atoms with Gasteiger partial charge in [-0.1, -0.05) is 49.4 Å². The minimum Gasteiger partial charge on any atom is -0.303 e. The van der Waals surface area contributed by atoms with Crippen molar-refractivity contribution in [1.29, 1.82) is 0 Å². The van der Waals surface area contributed by atoms with Gasteiger partial charge in [0.05, 0.1) is 20.4 Å². The number of benzene rings is 2. The van der Waals surface area contributed by atoms with Crippen LogP contribution in [0.5, 0.6) is 0 Å². The van der Waals surface area contributed by atoms with E-state index in [0.29, 0.717) is 6.42 Å². The zero-order chi connectivity index (χ0) is 19.9. The number of rotatable bonds is 9. The van der Waals surface area contributed by atoms with Crippen LogP contribution in [0.2, 0.25) is 0 Å². The molecule has 0 amide bonds. The molecule has 2 aromatic rings. The third-order valence-electron chi connectivity index (χ3n) is 4.20. The van der Waals surface area contributed by atoms with E-state index in [-0.39, 0.29) is 27.0 Å². The van der Waals surface area contributed by atoms with Crippen molar-refractivity contribution in [3.63, 3.8) is 0 Å². The van der Waals surface area contributed by atoms with Crippen molar-refractivity contribution < 1.29 is 21.6 Å². The van der Waals surface area contributed by atoms with Crippen LogP contribution >= 0.6 is 0 Å². The van der Waals surface area contributed by atoms with E-state index in [1.807, 2.05) is 6.92 Å². The second-order valence-electron chi connectivity index (χ2n) is 6.10. The first-order valence-corrected chi connectivity index (χ1v) is 11.7. The standard InChI is InChI=1S/C20H22O5S2/c1-2-17(15-21)13-14-20(27(24,25)19-11-7-4-8-12-19)16-26(22,23)18-9-5-3-6-10-18/h3-12,14-15,17H,2,13,16H2,1H3/b20-14+. The van der Waals surface area contributed by atoms with Crippen molar-refractivity contribution >= 4 is 26.0 Å². The molecule has 144 valence electrons. The van der Waals surface area contributed by atoms with Crippen molar-refractivity contribution in [2.45, 2.75) is 29.6 Å². The maximum atomic E-state index is 13.0. The molecule has 2 rings (SSSR count). The smallest absolute Gasteiger partial charge is 0.203 e. The molecule has 0 bridgehead atoms. The Balaban J connectivity index is 2.48. The van der Waals surface area contributed by atoms with Crippen LogP contribution in [0.4, 0.5) is 0 Å². The van der Waals surface area contributed by atoms with Crippen LogP contribution in [0.1, 0.15) is 19.8 Å². The third kappa shape index (κ3) is 5.37.